The molecule has 0 spiro atoms. The van der Waals surface area contributed by atoms with Gasteiger partial charge in [0.1, 0.15) is 11.7 Å². The van der Waals surface area contributed by atoms with Crippen LogP contribution in [0.4, 0.5) is 0 Å². The van der Waals surface area contributed by atoms with Crippen LogP contribution in [0.2, 0.25) is 5.02 Å². The van der Waals surface area contributed by atoms with Gasteiger partial charge < -0.3 is 9.47 Å². The van der Waals surface area contributed by atoms with Crippen LogP contribution in [0.25, 0.3) is 0 Å². The molecule has 0 saturated heterocycles. The molecule has 33 heavy (non-hydrogen) atoms. The number of carbonyl (C=O) groups excluding carboxylic acids is 2. The number of Topliss-reactive ketones (excluding diaryl/α,β-unsaturated/α-hetero) is 1. The number of benzene rings is 2. The van der Waals surface area contributed by atoms with Gasteiger partial charge in [-0.2, -0.15) is 0 Å². The molecule has 0 amide bonds. The molecule has 2 aliphatic rings. The van der Waals surface area contributed by atoms with Gasteiger partial charge in [-0.15, -0.1) is 0 Å². The van der Waals surface area contributed by atoms with Gasteiger partial charge in [-0.05, 0) is 56.9 Å². The molecule has 0 fully saturated rings. The van der Waals surface area contributed by atoms with Gasteiger partial charge in [0.05, 0.1) is 13.2 Å². The van der Waals surface area contributed by atoms with E-state index in [1.165, 1.54) is 7.11 Å². The fourth-order valence-corrected chi connectivity index (χ4v) is 5.02. The Morgan fingerprint density at radius 3 is 2.45 bits per heavy atom. The molecule has 5 nitrogen and oxygen atoms in total. The van der Waals surface area contributed by atoms with Crippen LogP contribution in [0.15, 0.2) is 64.8 Å². The Kier molecular flexibility index (Phi) is 6.71. The second-order valence-corrected chi connectivity index (χ2v) is 9.31. The Morgan fingerprint density at radius 2 is 1.79 bits per heavy atom. The van der Waals surface area contributed by atoms with Crippen LogP contribution in [-0.4, -0.2) is 30.7 Å². The zero-order valence-corrected chi connectivity index (χ0v) is 20.1. The minimum Gasteiger partial charge on any atom is -0.491 e. The maximum absolute atomic E-state index is 13.6. The molecule has 2 aromatic carbocycles. The first kappa shape index (κ1) is 23.2. The Bertz CT molecular complexity index is 1130. The summed E-state index contributed by atoms with van der Waals surface area (Å²) < 4.78 is 11.2. The molecular formula is C27H28ClNO4. The van der Waals surface area contributed by atoms with Crippen molar-refractivity contribution in [2.45, 2.75) is 51.6 Å². The van der Waals surface area contributed by atoms with Crippen molar-refractivity contribution in [1.29, 1.82) is 0 Å². The van der Waals surface area contributed by atoms with Gasteiger partial charge in [0.15, 0.2) is 5.78 Å². The van der Waals surface area contributed by atoms with Crippen LogP contribution in [0.3, 0.4) is 0 Å². The van der Waals surface area contributed by atoms with Gasteiger partial charge in [0.2, 0.25) is 0 Å². The molecule has 1 aliphatic carbocycles. The minimum absolute atomic E-state index is 0.00528. The summed E-state index contributed by atoms with van der Waals surface area (Å²) >= 11 is 6.05. The third kappa shape index (κ3) is 4.60. The Labute approximate surface area is 199 Å². The topological polar surface area (TPSA) is 65.0 Å². The summed E-state index contributed by atoms with van der Waals surface area (Å²) in [5.74, 6) is -0.895. The molecule has 0 aromatic heterocycles. The van der Waals surface area contributed by atoms with E-state index in [0.717, 1.165) is 16.8 Å². The summed E-state index contributed by atoms with van der Waals surface area (Å²) in [7, 11) is 1.37. The zero-order valence-electron chi connectivity index (χ0n) is 19.3. The molecule has 172 valence electrons. The van der Waals surface area contributed by atoms with E-state index in [0.29, 0.717) is 34.9 Å². The predicted molar refractivity (Wildman–Crippen MR) is 129 cm³/mol. The highest BCUT2D eigenvalue weighted by Crippen LogP contribution is 2.48. The van der Waals surface area contributed by atoms with Crippen molar-refractivity contribution in [3.63, 3.8) is 0 Å². The third-order valence-electron chi connectivity index (χ3n) is 6.30. The molecule has 0 saturated carbocycles. The van der Waals surface area contributed by atoms with Crippen molar-refractivity contribution >= 4 is 29.1 Å². The lowest BCUT2D eigenvalue weighted by atomic mass is 9.69. The van der Waals surface area contributed by atoms with E-state index in [2.05, 4.69) is 0 Å². The van der Waals surface area contributed by atoms with Crippen LogP contribution in [0.1, 0.15) is 56.6 Å². The fraction of sp³-hybridized carbons (Fsp3) is 0.370. The zero-order chi connectivity index (χ0) is 23.7. The number of nitrogens with zero attached hydrogens (tertiary/aromatic N) is 1. The second kappa shape index (κ2) is 9.52. The lowest BCUT2D eigenvalue weighted by Crippen LogP contribution is -2.38. The number of ether oxygens (including phenoxy) is 2. The number of hydrogen-bond acceptors (Lipinski definition) is 5. The van der Waals surface area contributed by atoms with E-state index in [4.69, 9.17) is 26.1 Å². The number of esters is 1. The van der Waals surface area contributed by atoms with E-state index in [1.807, 2.05) is 69.3 Å². The molecule has 3 unspecified atom stereocenters. The smallest absolute Gasteiger partial charge is 0.315 e. The average Bonchev–Trinajstić information content (AvgIpc) is 2.78. The predicted octanol–water partition coefficient (Wildman–Crippen LogP) is 5.88. The number of allylic oxidation sites excluding steroid dienone is 2. The van der Waals surface area contributed by atoms with Crippen molar-refractivity contribution in [3.8, 4) is 5.75 Å². The fourth-order valence-electron chi connectivity index (χ4n) is 4.90. The largest absolute Gasteiger partial charge is 0.491 e. The van der Waals surface area contributed by atoms with Crippen LogP contribution < -0.4 is 4.74 Å². The first-order chi connectivity index (χ1) is 15.8. The Morgan fingerprint density at radius 1 is 1.09 bits per heavy atom. The van der Waals surface area contributed by atoms with Crippen molar-refractivity contribution < 1.29 is 19.1 Å². The quantitative estimate of drug-likeness (QED) is 0.517. The summed E-state index contributed by atoms with van der Waals surface area (Å²) in [5, 5.41) is 0.662. The van der Waals surface area contributed by atoms with Gasteiger partial charge in [-0.3, -0.25) is 14.6 Å². The minimum atomic E-state index is -0.679. The molecule has 6 heteroatoms. The monoisotopic (exact) mass is 465 g/mol. The van der Waals surface area contributed by atoms with E-state index >= 15 is 0 Å². The van der Waals surface area contributed by atoms with Gasteiger partial charge in [0.25, 0.3) is 0 Å². The van der Waals surface area contributed by atoms with Crippen molar-refractivity contribution in [1.82, 2.24) is 0 Å². The maximum Gasteiger partial charge on any atom is 0.315 e. The summed E-state index contributed by atoms with van der Waals surface area (Å²) in [6.07, 6.45) is 0.926. The number of aliphatic imine (C=N–C) groups is 1. The van der Waals surface area contributed by atoms with Crippen LogP contribution in [0.5, 0.6) is 5.75 Å². The normalized spacial score (nSPS) is 22.7. The number of ketones is 1. The van der Waals surface area contributed by atoms with E-state index in [-0.39, 0.29) is 17.8 Å². The number of halogens is 1. The molecule has 1 heterocycles. The summed E-state index contributed by atoms with van der Waals surface area (Å²) in [6, 6.07) is 15.2. The summed E-state index contributed by atoms with van der Waals surface area (Å²) in [6.45, 7) is 5.74. The first-order valence-corrected chi connectivity index (χ1v) is 11.6. The highest BCUT2D eigenvalue weighted by Gasteiger charge is 2.45. The number of methoxy groups -OCH3 is 1. The SMILES string of the molecule is COC(=O)C1C(C)=NC2=C(C(=O)CC(c3ccc(Cl)cc3)C2)C1c1ccccc1OC(C)C. The summed E-state index contributed by atoms with van der Waals surface area (Å²) in [5.41, 5.74) is 3.85. The highest BCUT2D eigenvalue weighted by atomic mass is 35.5. The van der Waals surface area contributed by atoms with Gasteiger partial charge >= 0.3 is 5.97 Å². The standard InChI is InChI=1S/C27H28ClNO4/c1-15(2)33-23-8-6-5-7-20(23)25-24(27(31)32-4)16(3)29-21-13-18(14-22(30)26(21)25)17-9-11-19(28)12-10-17/h5-12,15,18,24-25H,13-14H2,1-4H3. The lowest BCUT2D eigenvalue weighted by molar-refractivity contribution is -0.143. The number of carbonyl (C=O) groups is 2. The molecule has 1 aliphatic heterocycles. The van der Waals surface area contributed by atoms with E-state index in [9.17, 15) is 9.59 Å². The van der Waals surface area contributed by atoms with Crippen molar-refractivity contribution in [3.05, 3.63) is 76.0 Å². The molecular weight excluding hydrogens is 438 g/mol. The first-order valence-electron chi connectivity index (χ1n) is 11.2. The average molecular weight is 466 g/mol. The van der Waals surface area contributed by atoms with Gasteiger partial charge in [-0.25, -0.2) is 0 Å². The van der Waals surface area contributed by atoms with Crippen molar-refractivity contribution in [2.24, 2.45) is 10.9 Å². The Balaban J connectivity index is 1.83. The van der Waals surface area contributed by atoms with Crippen LogP contribution in [-0.2, 0) is 14.3 Å². The molecule has 4 rings (SSSR count). The number of hydrogen-bond donors (Lipinski definition) is 0. The number of para-hydroxylation sites is 1. The van der Waals surface area contributed by atoms with Crippen LogP contribution in [0, 0.1) is 5.92 Å². The van der Waals surface area contributed by atoms with Gasteiger partial charge in [-0.1, -0.05) is 41.9 Å². The molecule has 0 radical (unpaired) electrons. The van der Waals surface area contributed by atoms with Crippen LogP contribution >= 0.6 is 11.6 Å². The maximum atomic E-state index is 13.6. The summed E-state index contributed by atoms with van der Waals surface area (Å²) in [4.78, 5) is 31.3. The van der Waals surface area contributed by atoms with E-state index < -0.39 is 17.8 Å². The Hall–Kier alpha value is -2.92. The van der Waals surface area contributed by atoms with E-state index in [1.54, 1.807) is 0 Å². The molecule has 2 aromatic rings. The highest BCUT2D eigenvalue weighted by molar-refractivity contribution is 6.30. The molecule has 3 atom stereocenters. The second-order valence-electron chi connectivity index (χ2n) is 8.88. The van der Waals surface area contributed by atoms with Gasteiger partial charge in [0, 0.05) is 39.9 Å². The lowest BCUT2D eigenvalue weighted by Gasteiger charge is -2.37. The molecule has 0 bridgehead atoms. The number of rotatable bonds is 5. The van der Waals surface area contributed by atoms with Crippen molar-refractivity contribution in [2.75, 3.05) is 7.11 Å². The molecule has 0 N–H and O–H groups in total. The third-order valence-corrected chi connectivity index (χ3v) is 6.55.